The zero-order valence-electron chi connectivity index (χ0n) is 13.8. The molecule has 0 saturated carbocycles. The summed E-state index contributed by atoms with van der Waals surface area (Å²) >= 11 is 7.39. The fourth-order valence-electron chi connectivity index (χ4n) is 2.66. The SMILES string of the molecule is C=CC(=O)Nc1ccc(O)c(C(=O)N2CCOC(c3ccc(Cl)s3)C2)c1. The highest BCUT2D eigenvalue weighted by molar-refractivity contribution is 7.16. The Balaban J connectivity index is 1.78. The Bertz CT molecular complexity index is 851. The van der Waals surface area contributed by atoms with Crippen LogP contribution in [-0.4, -0.2) is 41.5 Å². The summed E-state index contributed by atoms with van der Waals surface area (Å²) in [6.07, 6.45) is 0.878. The van der Waals surface area contributed by atoms with Crippen LogP contribution in [0.15, 0.2) is 43.0 Å². The average Bonchev–Trinajstić information content (AvgIpc) is 3.09. The third-order valence-corrected chi connectivity index (χ3v) is 5.27. The van der Waals surface area contributed by atoms with E-state index in [2.05, 4.69) is 11.9 Å². The maximum absolute atomic E-state index is 12.9. The summed E-state index contributed by atoms with van der Waals surface area (Å²) in [7, 11) is 0. The Labute approximate surface area is 159 Å². The molecule has 3 rings (SSSR count). The van der Waals surface area contributed by atoms with Crippen LogP contribution in [0.5, 0.6) is 5.75 Å². The van der Waals surface area contributed by atoms with E-state index in [0.717, 1.165) is 11.0 Å². The lowest BCUT2D eigenvalue weighted by molar-refractivity contribution is -0.111. The number of aromatic hydroxyl groups is 1. The number of hydrogen-bond acceptors (Lipinski definition) is 5. The van der Waals surface area contributed by atoms with Crippen molar-refractivity contribution in [1.29, 1.82) is 0 Å². The van der Waals surface area contributed by atoms with Crippen LogP contribution < -0.4 is 5.32 Å². The molecular weight excluding hydrogens is 376 g/mol. The molecule has 6 nitrogen and oxygen atoms in total. The fraction of sp³-hybridized carbons (Fsp3) is 0.222. The zero-order valence-corrected chi connectivity index (χ0v) is 15.3. The molecule has 1 fully saturated rings. The zero-order chi connectivity index (χ0) is 18.7. The van der Waals surface area contributed by atoms with Gasteiger partial charge in [-0.2, -0.15) is 0 Å². The van der Waals surface area contributed by atoms with Crippen LogP contribution in [0, 0.1) is 0 Å². The number of rotatable bonds is 4. The number of benzene rings is 1. The van der Waals surface area contributed by atoms with Crippen LogP contribution in [0.2, 0.25) is 4.34 Å². The second-order valence-corrected chi connectivity index (χ2v) is 7.42. The maximum atomic E-state index is 12.9. The third kappa shape index (κ3) is 4.07. The van der Waals surface area contributed by atoms with Crippen LogP contribution in [-0.2, 0) is 9.53 Å². The second kappa shape index (κ2) is 7.90. The topological polar surface area (TPSA) is 78.9 Å². The van der Waals surface area contributed by atoms with Crippen LogP contribution >= 0.6 is 22.9 Å². The number of anilines is 1. The van der Waals surface area contributed by atoms with Gasteiger partial charge in [-0.05, 0) is 36.4 Å². The number of ether oxygens (including phenoxy) is 1. The van der Waals surface area contributed by atoms with E-state index in [1.54, 1.807) is 11.0 Å². The number of phenols is 1. The molecule has 2 N–H and O–H groups in total. The number of nitrogens with one attached hydrogen (secondary N) is 1. The maximum Gasteiger partial charge on any atom is 0.257 e. The van der Waals surface area contributed by atoms with Gasteiger partial charge in [0.05, 0.1) is 23.1 Å². The van der Waals surface area contributed by atoms with E-state index in [1.165, 1.54) is 29.5 Å². The predicted molar refractivity (Wildman–Crippen MR) is 101 cm³/mol. The van der Waals surface area contributed by atoms with Crippen LogP contribution in [0.3, 0.4) is 0 Å². The van der Waals surface area contributed by atoms with Crippen molar-refractivity contribution in [2.24, 2.45) is 0 Å². The summed E-state index contributed by atoms with van der Waals surface area (Å²) in [5.41, 5.74) is 0.530. The molecule has 8 heteroatoms. The minimum atomic E-state index is -0.393. The van der Waals surface area contributed by atoms with Crippen molar-refractivity contribution in [3.05, 3.63) is 57.8 Å². The van der Waals surface area contributed by atoms with Gasteiger partial charge >= 0.3 is 0 Å². The minimum absolute atomic E-state index is 0.122. The molecule has 1 aromatic carbocycles. The van der Waals surface area contributed by atoms with Gasteiger partial charge in [0, 0.05) is 17.1 Å². The van der Waals surface area contributed by atoms with E-state index in [1.807, 2.05) is 6.07 Å². The number of carbonyl (C=O) groups is 2. The first-order chi connectivity index (χ1) is 12.5. The first kappa shape index (κ1) is 18.4. The normalized spacial score (nSPS) is 17.0. The van der Waals surface area contributed by atoms with Gasteiger partial charge in [-0.25, -0.2) is 0 Å². The van der Waals surface area contributed by atoms with Crippen molar-refractivity contribution in [3.8, 4) is 5.75 Å². The van der Waals surface area contributed by atoms with Gasteiger partial charge in [-0.15, -0.1) is 11.3 Å². The van der Waals surface area contributed by atoms with Crippen molar-refractivity contribution in [3.63, 3.8) is 0 Å². The molecule has 0 radical (unpaired) electrons. The summed E-state index contributed by atoms with van der Waals surface area (Å²) in [6.45, 7) is 4.55. The molecular formula is C18H17ClN2O4S. The summed E-state index contributed by atoms with van der Waals surface area (Å²) in [5.74, 6) is -0.864. The lowest BCUT2D eigenvalue weighted by Crippen LogP contribution is -2.42. The number of amides is 2. The van der Waals surface area contributed by atoms with Crippen LogP contribution in [0.25, 0.3) is 0 Å². The second-order valence-electron chi connectivity index (χ2n) is 5.68. The van der Waals surface area contributed by atoms with Gasteiger partial charge in [0.2, 0.25) is 5.91 Å². The lowest BCUT2D eigenvalue weighted by atomic mass is 10.1. The summed E-state index contributed by atoms with van der Waals surface area (Å²) in [6, 6.07) is 8.02. The van der Waals surface area contributed by atoms with E-state index >= 15 is 0 Å². The highest BCUT2D eigenvalue weighted by Gasteiger charge is 2.28. The Morgan fingerprint density at radius 2 is 2.19 bits per heavy atom. The predicted octanol–water partition coefficient (Wildman–Crippen LogP) is 3.45. The molecule has 136 valence electrons. The molecule has 1 saturated heterocycles. The van der Waals surface area contributed by atoms with Gasteiger partial charge in [0.15, 0.2) is 0 Å². The van der Waals surface area contributed by atoms with E-state index in [4.69, 9.17) is 16.3 Å². The van der Waals surface area contributed by atoms with Crippen LogP contribution in [0.4, 0.5) is 5.69 Å². The van der Waals surface area contributed by atoms with Gasteiger partial charge < -0.3 is 20.1 Å². The standard InChI is InChI=1S/C18H17ClN2O4S/c1-2-17(23)20-11-3-4-13(22)12(9-11)18(24)21-7-8-25-14(10-21)15-5-6-16(19)26-15/h2-6,9,14,22H,1,7-8,10H2,(H,20,23). The van der Waals surface area contributed by atoms with Crippen molar-refractivity contribution in [2.75, 3.05) is 25.0 Å². The molecule has 0 aliphatic carbocycles. The molecule has 1 unspecified atom stereocenters. The number of hydrogen-bond donors (Lipinski definition) is 2. The number of halogens is 1. The molecule has 1 aliphatic rings. The minimum Gasteiger partial charge on any atom is -0.507 e. The monoisotopic (exact) mass is 392 g/mol. The molecule has 2 aromatic rings. The molecule has 0 spiro atoms. The molecule has 2 heterocycles. The Hall–Kier alpha value is -2.35. The van der Waals surface area contributed by atoms with E-state index < -0.39 is 5.91 Å². The van der Waals surface area contributed by atoms with Crippen LogP contribution in [0.1, 0.15) is 21.3 Å². The largest absolute Gasteiger partial charge is 0.507 e. The van der Waals surface area contributed by atoms with Gasteiger partial charge in [0.25, 0.3) is 5.91 Å². The smallest absolute Gasteiger partial charge is 0.257 e. The van der Waals surface area contributed by atoms with Gasteiger partial charge in [-0.3, -0.25) is 9.59 Å². The summed E-state index contributed by atoms with van der Waals surface area (Å²) in [4.78, 5) is 26.9. The Kier molecular flexibility index (Phi) is 5.61. The number of carbonyl (C=O) groups excluding carboxylic acids is 2. The number of phenolic OH excluding ortho intramolecular Hbond substituents is 1. The Morgan fingerprint density at radius 3 is 2.88 bits per heavy atom. The fourth-order valence-corrected chi connectivity index (χ4v) is 3.76. The molecule has 0 bridgehead atoms. The molecule has 1 atom stereocenters. The Morgan fingerprint density at radius 1 is 1.38 bits per heavy atom. The highest BCUT2D eigenvalue weighted by atomic mass is 35.5. The molecule has 1 aromatic heterocycles. The summed E-state index contributed by atoms with van der Waals surface area (Å²) < 4.78 is 6.40. The number of thiophene rings is 1. The van der Waals surface area contributed by atoms with E-state index in [9.17, 15) is 14.7 Å². The first-order valence-corrected chi connectivity index (χ1v) is 9.10. The van der Waals surface area contributed by atoms with Crippen molar-refractivity contribution < 1.29 is 19.4 Å². The quantitative estimate of drug-likeness (QED) is 0.617. The van der Waals surface area contributed by atoms with Crippen molar-refractivity contribution in [1.82, 2.24) is 4.90 Å². The molecule has 2 amide bonds. The lowest BCUT2D eigenvalue weighted by Gasteiger charge is -2.32. The van der Waals surface area contributed by atoms with Crippen molar-refractivity contribution >= 4 is 40.4 Å². The summed E-state index contributed by atoms with van der Waals surface area (Å²) in [5, 5.41) is 12.7. The average molecular weight is 393 g/mol. The van der Waals surface area contributed by atoms with Crippen molar-refractivity contribution in [2.45, 2.75) is 6.10 Å². The van der Waals surface area contributed by atoms with E-state index in [0.29, 0.717) is 29.7 Å². The molecule has 1 aliphatic heterocycles. The van der Waals surface area contributed by atoms with Gasteiger partial charge in [-0.1, -0.05) is 18.2 Å². The third-order valence-electron chi connectivity index (χ3n) is 3.94. The van der Waals surface area contributed by atoms with Gasteiger partial charge in [0.1, 0.15) is 11.9 Å². The van der Waals surface area contributed by atoms with E-state index in [-0.39, 0.29) is 23.3 Å². The number of nitrogens with zero attached hydrogens (tertiary/aromatic N) is 1. The first-order valence-electron chi connectivity index (χ1n) is 7.90. The number of morpholine rings is 1. The highest BCUT2D eigenvalue weighted by Crippen LogP contribution is 2.32. The molecule has 26 heavy (non-hydrogen) atoms.